The van der Waals surface area contributed by atoms with Gasteiger partial charge in [-0.15, -0.1) is 0 Å². The molecule has 1 aliphatic heterocycles. The SMILES string of the molecule is O=CC12C=CC=CC1(Cl)O2. The molecule has 2 nitrogen and oxygen atoms in total. The molecule has 2 rings (SSSR count). The predicted octanol–water partition coefficient (Wildman–Crippen LogP) is 1.02. The van der Waals surface area contributed by atoms with Gasteiger partial charge in [0.15, 0.2) is 11.9 Å². The van der Waals surface area contributed by atoms with Gasteiger partial charge in [-0.2, -0.15) is 0 Å². The van der Waals surface area contributed by atoms with Crippen LogP contribution in [-0.4, -0.2) is 16.9 Å². The molecular formula is C7H5ClO2. The zero-order valence-electron chi connectivity index (χ0n) is 5.08. The van der Waals surface area contributed by atoms with E-state index in [4.69, 9.17) is 16.3 Å². The second kappa shape index (κ2) is 1.52. The first-order valence-corrected chi connectivity index (χ1v) is 3.33. The third kappa shape index (κ3) is 0.509. The Balaban J connectivity index is 2.41. The van der Waals surface area contributed by atoms with E-state index in [1.165, 1.54) is 0 Å². The summed E-state index contributed by atoms with van der Waals surface area (Å²) in [5.41, 5.74) is -0.858. The minimum Gasteiger partial charge on any atom is -0.329 e. The second-order valence-electron chi connectivity index (χ2n) is 2.38. The Bertz CT molecular complexity index is 246. The van der Waals surface area contributed by atoms with Gasteiger partial charge in [0, 0.05) is 0 Å². The zero-order valence-corrected chi connectivity index (χ0v) is 5.84. The number of alkyl halides is 1. The van der Waals surface area contributed by atoms with E-state index in [0.717, 1.165) is 6.29 Å². The Morgan fingerprint density at radius 2 is 2.10 bits per heavy atom. The van der Waals surface area contributed by atoms with Crippen molar-refractivity contribution in [3.63, 3.8) is 0 Å². The highest BCUT2D eigenvalue weighted by Crippen LogP contribution is 2.53. The summed E-state index contributed by atoms with van der Waals surface area (Å²) in [6.45, 7) is 0. The van der Waals surface area contributed by atoms with Crippen molar-refractivity contribution in [2.24, 2.45) is 0 Å². The van der Waals surface area contributed by atoms with E-state index >= 15 is 0 Å². The standard InChI is InChI=1S/C7H5ClO2/c8-7-4-2-1-3-6(7,5-9)10-7/h1-5H. The molecule has 0 aromatic heterocycles. The molecule has 0 aromatic rings. The highest BCUT2D eigenvalue weighted by molar-refractivity contribution is 6.29. The molecule has 2 aliphatic rings. The molecule has 52 valence electrons. The van der Waals surface area contributed by atoms with Crippen molar-refractivity contribution in [2.45, 2.75) is 10.7 Å². The average Bonchev–Trinajstić information content (AvgIpc) is 2.56. The lowest BCUT2D eigenvalue weighted by Gasteiger charge is -2.01. The summed E-state index contributed by atoms with van der Waals surface area (Å²) in [5.74, 6) is 0. The second-order valence-corrected chi connectivity index (χ2v) is 2.94. The van der Waals surface area contributed by atoms with Crippen molar-refractivity contribution in [1.82, 2.24) is 0 Å². The predicted molar refractivity (Wildman–Crippen MR) is 36.7 cm³/mol. The molecule has 2 atom stereocenters. The number of epoxide rings is 1. The van der Waals surface area contributed by atoms with Crippen LogP contribution >= 0.6 is 11.6 Å². The molecule has 0 aromatic carbocycles. The number of allylic oxidation sites excluding steroid dienone is 2. The van der Waals surface area contributed by atoms with Gasteiger partial charge in [-0.25, -0.2) is 0 Å². The molecule has 0 N–H and O–H groups in total. The summed E-state index contributed by atoms with van der Waals surface area (Å²) in [4.78, 5) is 10.4. The monoisotopic (exact) mass is 156 g/mol. The van der Waals surface area contributed by atoms with Gasteiger partial charge in [0.25, 0.3) is 0 Å². The number of carbonyl (C=O) groups is 1. The zero-order chi connectivity index (χ0) is 7.24. The Morgan fingerprint density at radius 3 is 2.60 bits per heavy atom. The van der Waals surface area contributed by atoms with E-state index in [0.29, 0.717) is 0 Å². The van der Waals surface area contributed by atoms with Crippen molar-refractivity contribution in [1.29, 1.82) is 0 Å². The van der Waals surface area contributed by atoms with E-state index in [1.54, 1.807) is 24.3 Å². The molecule has 0 spiro atoms. The normalized spacial score (nSPS) is 48.5. The van der Waals surface area contributed by atoms with Crippen molar-refractivity contribution in [3.8, 4) is 0 Å². The van der Waals surface area contributed by atoms with E-state index in [9.17, 15) is 4.79 Å². The molecule has 0 radical (unpaired) electrons. The van der Waals surface area contributed by atoms with Gasteiger partial charge in [0.2, 0.25) is 5.06 Å². The highest BCUT2D eigenvalue weighted by atomic mass is 35.5. The quantitative estimate of drug-likeness (QED) is 0.322. The number of hydrogen-bond acceptors (Lipinski definition) is 2. The van der Waals surface area contributed by atoms with Crippen LogP contribution in [0.3, 0.4) is 0 Å². The number of halogens is 1. The Kier molecular flexibility index (Phi) is 0.932. The summed E-state index contributed by atoms with van der Waals surface area (Å²) >= 11 is 5.81. The Morgan fingerprint density at radius 1 is 1.40 bits per heavy atom. The summed E-state index contributed by atoms with van der Waals surface area (Å²) in [6, 6.07) is 0. The van der Waals surface area contributed by atoms with Crippen molar-refractivity contribution >= 4 is 17.9 Å². The third-order valence-corrected chi connectivity index (χ3v) is 2.25. The fourth-order valence-corrected chi connectivity index (χ4v) is 1.36. The molecule has 0 amide bonds. The first kappa shape index (κ1) is 6.13. The van der Waals surface area contributed by atoms with Gasteiger partial charge in [0.1, 0.15) is 0 Å². The molecule has 1 aliphatic carbocycles. The Hall–Kier alpha value is -0.600. The lowest BCUT2D eigenvalue weighted by molar-refractivity contribution is -0.110. The lowest BCUT2D eigenvalue weighted by atomic mass is 10.0. The van der Waals surface area contributed by atoms with Crippen molar-refractivity contribution in [3.05, 3.63) is 24.3 Å². The van der Waals surface area contributed by atoms with Crippen LogP contribution in [0.15, 0.2) is 24.3 Å². The third-order valence-electron chi connectivity index (χ3n) is 1.75. The molecule has 1 saturated heterocycles. The number of carbonyl (C=O) groups excluding carboxylic acids is 1. The molecule has 1 fully saturated rings. The van der Waals surface area contributed by atoms with Gasteiger partial charge >= 0.3 is 0 Å². The topological polar surface area (TPSA) is 29.6 Å². The number of fused-ring (bicyclic) bond motifs is 1. The van der Waals surface area contributed by atoms with Crippen molar-refractivity contribution in [2.75, 3.05) is 0 Å². The number of hydrogen-bond donors (Lipinski definition) is 0. The van der Waals surface area contributed by atoms with Crippen LogP contribution in [0.5, 0.6) is 0 Å². The molecule has 0 saturated carbocycles. The van der Waals surface area contributed by atoms with Gasteiger partial charge in [0.05, 0.1) is 0 Å². The van der Waals surface area contributed by atoms with E-state index in [2.05, 4.69) is 0 Å². The molecule has 0 bridgehead atoms. The summed E-state index contributed by atoms with van der Waals surface area (Å²) < 4.78 is 5.03. The van der Waals surface area contributed by atoms with Crippen LogP contribution < -0.4 is 0 Å². The number of rotatable bonds is 1. The van der Waals surface area contributed by atoms with Gasteiger partial charge in [-0.3, -0.25) is 4.79 Å². The molecular weight excluding hydrogens is 152 g/mol. The number of ether oxygens (including phenoxy) is 1. The van der Waals surface area contributed by atoms with Crippen LogP contribution in [0.2, 0.25) is 0 Å². The van der Waals surface area contributed by atoms with Crippen LogP contribution in [0, 0.1) is 0 Å². The number of aldehydes is 1. The van der Waals surface area contributed by atoms with Crippen LogP contribution in [0.4, 0.5) is 0 Å². The molecule has 1 heterocycles. The fraction of sp³-hybridized carbons (Fsp3) is 0.286. The van der Waals surface area contributed by atoms with Gasteiger partial charge in [-0.1, -0.05) is 23.8 Å². The molecule has 2 unspecified atom stereocenters. The summed E-state index contributed by atoms with van der Waals surface area (Å²) in [6.07, 6.45) is 7.57. The first-order chi connectivity index (χ1) is 4.72. The molecule has 10 heavy (non-hydrogen) atoms. The van der Waals surface area contributed by atoms with E-state index in [1.807, 2.05) is 0 Å². The highest BCUT2D eigenvalue weighted by Gasteiger charge is 2.67. The maximum atomic E-state index is 10.4. The molecule has 3 heteroatoms. The smallest absolute Gasteiger partial charge is 0.201 e. The minimum atomic E-state index is -0.872. The lowest BCUT2D eigenvalue weighted by Crippen LogP contribution is -2.19. The largest absolute Gasteiger partial charge is 0.329 e. The first-order valence-electron chi connectivity index (χ1n) is 2.95. The van der Waals surface area contributed by atoms with E-state index < -0.39 is 10.7 Å². The average molecular weight is 157 g/mol. The maximum Gasteiger partial charge on any atom is 0.201 e. The fourth-order valence-electron chi connectivity index (χ4n) is 1.05. The maximum absolute atomic E-state index is 10.4. The Labute approximate surface area is 63.1 Å². The van der Waals surface area contributed by atoms with Crippen LogP contribution in [-0.2, 0) is 9.53 Å². The van der Waals surface area contributed by atoms with Gasteiger partial charge < -0.3 is 4.74 Å². The minimum absolute atomic E-state index is 0.722. The van der Waals surface area contributed by atoms with Gasteiger partial charge in [-0.05, 0) is 12.2 Å². The summed E-state index contributed by atoms with van der Waals surface area (Å²) in [5, 5.41) is -0.872. The summed E-state index contributed by atoms with van der Waals surface area (Å²) in [7, 11) is 0. The van der Waals surface area contributed by atoms with E-state index in [-0.39, 0.29) is 0 Å². The van der Waals surface area contributed by atoms with Crippen molar-refractivity contribution < 1.29 is 9.53 Å². The van der Waals surface area contributed by atoms with Crippen LogP contribution in [0.1, 0.15) is 0 Å². The van der Waals surface area contributed by atoms with Crippen LogP contribution in [0.25, 0.3) is 0 Å².